The molecule has 3 N–H and O–H groups in total. The molecule has 0 aliphatic carbocycles. The summed E-state index contributed by atoms with van der Waals surface area (Å²) < 4.78 is 26.8. The van der Waals surface area contributed by atoms with Crippen LogP contribution in [0.1, 0.15) is 33.6 Å². The van der Waals surface area contributed by atoms with Gasteiger partial charge in [-0.05, 0) is 18.6 Å². The molecule has 2 rings (SSSR count). The average molecular weight is 522 g/mol. The molecule has 0 radical (unpaired) electrons. The molecule has 1 aromatic carbocycles. The van der Waals surface area contributed by atoms with Gasteiger partial charge in [0.2, 0.25) is 5.91 Å². The van der Waals surface area contributed by atoms with Crippen LogP contribution >= 0.6 is 0 Å². The van der Waals surface area contributed by atoms with E-state index in [2.05, 4.69) is 11.9 Å². The summed E-state index contributed by atoms with van der Waals surface area (Å²) >= 11 is 0. The molecule has 12 heteroatoms. The van der Waals surface area contributed by atoms with Crippen molar-refractivity contribution in [2.75, 3.05) is 66.5 Å². The predicted molar refractivity (Wildman–Crippen MR) is 132 cm³/mol. The number of ether oxygens (including phenoxy) is 5. The lowest BCUT2D eigenvalue weighted by atomic mass is 10.1. The van der Waals surface area contributed by atoms with E-state index in [0.717, 1.165) is 4.90 Å². The quantitative estimate of drug-likeness (QED) is 0.131. The van der Waals surface area contributed by atoms with E-state index in [4.69, 9.17) is 29.4 Å². The second kappa shape index (κ2) is 16.4. The van der Waals surface area contributed by atoms with Crippen LogP contribution in [0, 0.1) is 0 Å². The first-order valence-corrected chi connectivity index (χ1v) is 11.9. The van der Waals surface area contributed by atoms with Crippen molar-refractivity contribution in [2.24, 2.45) is 5.73 Å². The summed E-state index contributed by atoms with van der Waals surface area (Å²) in [6.45, 7) is 7.79. The minimum absolute atomic E-state index is 0.0170. The third kappa shape index (κ3) is 9.25. The highest BCUT2D eigenvalue weighted by Crippen LogP contribution is 2.33. The lowest BCUT2D eigenvalue weighted by Gasteiger charge is -2.22. The number of carbonyl (C=O) groups excluding carboxylic acids is 4. The van der Waals surface area contributed by atoms with Crippen molar-refractivity contribution in [2.45, 2.75) is 18.9 Å². The number of imide groups is 1. The summed E-state index contributed by atoms with van der Waals surface area (Å²) in [4.78, 5) is 49.3. The molecule has 1 heterocycles. The Labute approximate surface area is 216 Å². The van der Waals surface area contributed by atoms with E-state index >= 15 is 0 Å². The van der Waals surface area contributed by atoms with Crippen LogP contribution in [0.4, 0.5) is 0 Å². The molecule has 0 aromatic heterocycles. The third-order valence-electron chi connectivity index (χ3n) is 5.31. The van der Waals surface area contributed by atoms with Crippen molar-refractivity contribution < 1.29 is 42.9 Å². The van der Waals surface area contributed by atoms with E-state index in [0.29, 0.717) is 64.8 Å². The zero-order valence-electron chi connectivity index (χ0n) is 21.1. The number of nitrogens with one attached hydrogen (secondary N) is 1. The number of amides is 3. The molecule has 0 saturated carbocycles. The molecule has 1 aliphatic heterocycles. The fourth-order valence-electron chi connectivity index (χ4n) is 3.50. The Hall–Kier alpha value is -3.32. The normalized spacial score (nSPS) is 13.4. The molecule has 37 heavy (non-hydrogen) atoms. The van der Waals surface area contributed by atoms with Gasteiger partial charge in [0, 0.05) is 25.8 Å². The minimum Gasteiger partial charge on any atom is -0.487 e. The Bertz CT molecular complexity index is 938. The number of benzene rings is 1. The van der Waals surface area contributed by atoms with Crippen molar-refractivity contribution in [1.82, 2.24) is 10.2 Å². The number of rotatable bonds is 21. The molecule has 1 atom stereocenters. The van der Waals surface area contributed by atoms with E-state index in [1.807, 2.05) is 0 Å². The van der Waals surface area contributed by atoms with Crippen molar-refractivity contribution in [3.63, 3.8) is 0 Å². The molecule has 1 aromatic rings. The van der Waals surface area contributed by atoms with E-state index < -0.39 is 23.8 Å². The van der Waals surface area contributed by atoms with E-state index in [1.54, 1.807) is 19.2 Å². The smallest absolute Gasteiger partial charge is 0.266 e. The number of nitrogens with zero attached hydrogens (tertiary/aromatic N) is 1. The maximum atomic E-state index is 13.0. The van der Waals surface area contributed by atoms with Gasteiger partial charge >= 0.3 is 0 Å². The maximum Gasteiger partial charge on any atom is 0.266 e. The fraction of sp³-hybridized carbons (Fsp3) is 0.520. The SMILES string of the molecule is C=C(COc1cccc2c1C(=O)N(C(CCC=O)C(N)=O)C2=O)NCCOCCOCCOCCOC. The summed E-state index contributed by atoms with van der Waals surface area (Å²) in [5.74, 6) is -2.03. The molecule has 12 nitrogen and oxygen atoms in total. The first-order chi connectivity index (χ1) is 17.9. The molecular weight excluding hydrogens is 486 g/mol. The molecule has 3 amide bonds. The standard InChI is InChI=1S/C25H35N3O9/c1-18(27-8-10-34-13-14-36-16-15-35-12-11-33-2)17-37-21-7-3-5-19-22(21)25(32)28(24(19)31)20(23(26)30)6-4-9-29/h3,5,7,9,20,27H,1,4,6,8,10-17H2,2H3,(H2,26,30). The topological polar surface area (TPSA) is 156 Å². The van der Waals surface area contributed by atoms with E-state index in [1.165, 1.54) is 6.07 Å². The highest BCUT2D eigenvalue weighted by molar-refractivity contribution is 6.24. The van der Waals surface area contributed by atoms with Gasteiger partial charge < -0.3 is 39.5 Å². The largest absolute Gasteiger partial charge is 0.487 e. The summed E-state index contributed by atoms with van der Waals surface area (Å²) in [5.41, 5.74) is 6.09. The molecule has 0 fully saturated rings. The lowest BCUT2D eigenvalue weighted by Crippen LogP contribution is -2.47. The highest BCUT2D eigenvalue weighted by atomic mass is 16.6. The molecule has 1 unspecified atom stereocenters. The summed E-state index contributed by atoms with van der Waals surface area (Å²) in [6, 6.07) is 3.38. The summed E-state index contributed by atoms with van der Waals surface area (Å²) in [6.07, 6.45) is 0.540. The molecule has 0 saturated heterocycles. The van der Waals surface area contributed by atoms with Gasteiger partial charge in [-0.15, -0.1) is 0 Å². The van der Waals surface area contributed by atoms with Crippen molar-refractivity contribution in [3.8, 4) is 5.75 Å². The number of methoxy groups -OCH3 is 1. The second-order valence-electron chi connectivity index (χ2n) is 7.97. The number of nitrogens with two attached hydrogens (primary N) is 1. The number of hydrogen-bond acceptors (Lipinski definition) is 10. The Morgan fingerprint density at radius 1 is 1.05 bits per heavy atom. The number of hydrogen-bond donors (Lipinski definition) is 2. The maximum absolute atomic E-state index is 13.0. The number of primary amides is 1. The second-order valence-corrected chi connectivity index (χ2v) is 7.97. The number of aldehydes is 1. The number of carbonyl (C=O) groups is 4. The Morgan fingerprint density at radius 3 is 2.32 bits per heavy atom. The lowest BCUT2D eigenvalue weighted by molar-refractivity contribution is -0.122. The van der Waals surface area contributed by atoms with Crippen molar-refractivity contribution in [1.29, 1.82) is 0 Å². The molecule has 0 bridgehead atoms. The highest BCUT2D eigenvalue weighted by Gasteiger charge is 2.43. The molecule has 0 spiro atoms. The Balaban J connectivity index is 1.74. The average Bonchev–Trinajstić information content (AvgIpc) is 3.14. The first-order valence-electron chi connectivity index (χ1n) is 11.9. The van der Waals surface area contributed by atoms with Crippen LogP contribution in [0.2, 0.25) is 0 Å². The van der Waals surface area contributed by atoms with E-state index in [9.17, 15) is 19.2 Å². The first kappa shape index (κ1) is 29.9. The Morgan fingerprint density at radius 2 is 1.70 bits per heavy atom. The van der Waals surface area contributed by atoms with Crippen LogP contribution in [0.15, 0.2) is 30.5 Å². The van der Waals surface area contributed by atoms with Crippen LogP contribution in [0.25, 0.3) is 0 Å². The van der Waals surface area contributed by atoms with Gasteiger partial charge in [-0.25, -0.2) is 0 Å². The molecule has 204 valence electrons. The third-order valence-corrected chi connectivity index (χ3v) is 5.31. The van der Waals surface area contributed by atoms with E-state index in [-0.39, 0.29) is 36.3 Å². The predicted octanol–water partition coefficient (Wildman–Crippen LogP) is 0.294. The van der Waals surface area contributed by atoms with Crippen molar-refractivity contribution in [3.05, 3.63) is 41.6 Å². The zero-order chi connectivity index (χ0) is 27.0. The zero-order valence-corrected chi connectivity index (χ0v) is 21.1. The van der Waals surface area contributed by atoms with Crippen molar-refractivity contribution >= 4 is 24.0 Å². The van der Waals surface area contributed by atoms with Gasteiger partial charge in [-0.3, -0.25) is 19.3 Å². The fourth-order valence-corrected chi connectivity index (χ4v) is 3.50. The summed E-state index contributed by atoms with van der Waals surface area (Å²) in [5, 5.41) is 3.06. The van der Waals surface area contributed by atoms with Crippen LogP contribution in [-0.4, -0.2) is 101 Å². The minimum atomic E-state index is -1.22. The molecular formula is C25H35N3O9. The molecule has 1 aliphatic rings. The van der Waals surface area contributed by atoms with Gasteiger partial charge in [-0.2, -0.15) is 0 Å². The van der Waals surface area contributed by atoms with Crippen LogP contribution < -0.4 is 15.8 Å². The van der Waals surface area contributed by atoms with Crippen LogP contribution in [0.5, 0.6) is 5.75 Å². The van der Waals surface area contributed by atoms with Crippen LogP contribution in [0.3, 0.4) is 0 Å². The van der Waals surface area contributed by atoms with Gasteiger partial charge in [0.1, 0.15) is 24.7 Å². The van der Waals surface area contributed by atoms with Gasteiger partial charge in [0.25, 0.3) is 11.8 Å². The van der Waals surface area contributed by atoms with Gasteiger partial charge in [0.15, 0.2) is 0 Å². The van der Waals surface area contributed by atoms with Gasteiger partial charge in [-0.1, -0.05) is 12.6 Å². The number of fused-ring (bicyclic) bond motifs is 1. The van der Waals surface area contributed by atoms with Gasteiger partial charge in [0.05, 0.1) is 57.4 Å². The summed E-state index contributed by atoms with van der Waals surface area (Å²) in [7, 11) is 1.62. The van der Waals surface area contributed by atoms with Crippen LogP contribution in [-0.2, 0) is 28.5 Å². The Kier molecular flexibility index (Phi) is 13.3. The monoisotopic (exact) mass is 521 g/mol.